The summed E-state index contributed by atoms with van der Waals surface area (Å²) in [6.07, 6.45) is 1.12. The molecule has 0 spiro atoms. The molecule has 0 amide bonds. The smallest absolute Gasteiger partial charge is 0.310 e. The van der Waals surface area contributed by atoms with Crippen LogP contribution in [0.4, 0.5) is 0 Å². The number of oxazole rings is 1. The number of carbonyl (C=O) groups excluding carboxylic acids is 1. The first-order chi connectivity index (χ1) is 8.87. The van der Waals surface area contributed by atoms with Crippen molar-refractivity contribution in [1.82, 2.24) is 4.98 Å². The van der Waals surface area contributed by atoms with Gasteiger partial charge in [0.2, 0.25) is 0 Å². The molecule has 2 aromatic rings. The quantitative estimate of drug-likeness (QED) is 0.624. The predicted molar refractivity (Wildman–Crippen MR) is 73.1 cm³/mol. The number of fused-ring (bicyclic) bond motifs is 1. The van der Waals surface area contributed by atoms with Crippen molar-refractivity contribution < 1.29 is 13.9 Å². The Kier molecular flexibility index (Phi) is 3.60. The van der Waals surface area contributed by atoms with Crippen molar-refractivity contribution in [3.63, 3.8) is 0 Å². The highest BCUT2D eigenvalue weighted by atomic mass is 16.5. The first-order valence-electron chi connectivity index (χ1n) is 6.47. The fourth-order valence-electron chi connectivity index (χ4n) is 1.75. The van der Waals surface area contributed by atoms with Gasteiger partial charge in [-0.25, -0.2) is 4.98 Å². The number of rotatable bonds is 3. The van der Waals surface area contributed by atoms with Crippen LogP contribution in [-0.4, -0.2) is 11.0 Å². The fraction of sp³-hybridized carbons (Fsp3) is 0.467. The van der Waals surface area contributed by atoms with E-state index < -0.39 is 0 Å². The highest BCUT2D eigenvalue weighted by molar-refractivity contribution is 5.77. The number of carbonyl (C=O) groups is 1. The summed E-state index contributed by atoms with van der Waals surface area (Å²) in [5.41, 5.74) is 1.56. The van der Waals surface area contributed by atoms with Crippen LogP contribution in [0.3, 0.4) is 0 Å². The van der Waals surface area contributed by atoms with E-state index in [1.54, 1.807) is 25.1 Å². The Morgan fingerprint density at radius 1 is 1.37 bits per heavy atom. The molecular weight excluding hydrogens is 242 g/mol. The molecule has 0 aliphatic heterocycles. The van der Waals surface area contributed by atoms with E-state index in [-0.39, 0.29) is 11.4 Å². The zero-order valence-corrected chi connectivity index (χ0v) is 11.8. The van der Waals surface area contributed by atoms with Gasteiger partial charge in [-0.2, -0.15) is 0 Å². The highest BCUT2D eigenvalue weighted by Gasteiger charge is 2.16. The number of esters is 1. The molecule has 0 unspecified atom stereocenters. The molecule has 0 aliphatic rings. The zero-order chi connectivity index (χ0) is 14.0. The molecule has 1 aromatic heterocycles. The van der Waals surface area contributed by atoms with Gasteiger partial charge in [-0.1, -0.05) is 27.7 Å². The summed E-state index contributed by atoms with van der Waals surface area (Å²) in [5.74, 6) is 0.967. The zero-order valence-electron chi connectivity index (χ0n) is 11.8. The van der Waals surface area contributed by atoms with E-state index >= 15 is 0 Å². The second-order valence-electron chi connectivity index (χ2n) is 5.80. The fourth-order valence-corrected chi connectivity index (χ4v) is 1.75. The Morgan fingerprint density at radius 2 is 2.11 bits per heavy atom. The van der Waals surface area contributed by atoms with Gasteiger partial charge < -0.3 is 9.15 Å². The first-order valence-corrected chi connectivity index (χ1v) is 6.47. The lowest BCUT2D eigenvalue weighted by Gasteiger charge is -2.14. The Morgan fingerprint density at radius 3 is 2.74 bits per heavy atom. The molecule has 4 heteroatoms. The second kappa shape index (κ2) is 5.03. The van der Waals surface area contributed by atoms with Crippen molar-refractivity contribution in [3.8, 4) is 5.75 Å². The molecule has 0 aliphatic carbocycles. The summed E-state index contributed by atoms with van der Waals surface area (Å²) in [5, 5.41) is 0. The maximum absolute atomic E-state index is 11.2. The Hall–Kier alpha value is -1.84. The van der Waals surface area contributed by atoms with Crippen LogP contribution < -0.4 is 4.74 Å². The molecule has 0 N–H and O–H groups in total. The van der Waals surface area contributed by atoms with Crippen molar-refractivity contribution in [1.29, 1.82) is 0 Å². The molecule has 0 atom stereocenters. The summed E-state index contributed by atoms with van der Waals surface area (Å²) in [7, 11) is 0. The van der Waals surface area contributed by atoms with Crippen LogP contribution in [0.5, 0.6) is 5.75 Å². The third-order valence-corrected chi connectivity index (χ3v) is 2.61. The standard InChI is InChI=1S/C15H19NO3/c1-5-14(17)18-10-6-7-12-11(8-10)16-13(19-12)9-15(2,3)4/h6-8H,5,9H2,1-4H3. The topological polar surface area (TPSA) is 52.3 Å². The largest absolute Gasteiger partial charge is 0.441 e. The van der Waals surface area contributed by atoms with Crippen LogP contribution in [0.15, 0.2) is 22.6 Å². The van der Waals surface area contributed by atoms with Gasteiger partial charge in [0.25, 0.3) is 0 Å². The Balaban J connectivity index is 2.26. The normalized spacial score (nSPS) is 11.8. The molecular formula is C15H19NO3. The molecule has 2 rings (SSSR count). The minimum atomic E-state index is -0.252. The van der Waals surface area contributed by atoms with Crippen LogP contribution in [-0.2, 0) is 11.2 Å². The average molecular weight is 261 g/mol. The van der Waals surface area contributed by atoms with E-state index in [1.165, 1.54) is 0 Å². The van der Waals surface area contributed by atoms with Gasteiger partial charge in [0.15, 0.2) is 11.5 Å². The van der Waals surface area contributed by atoms with Crippen molar-refractivity contribution in [3.05, 3.63) is 24.1 Å². The molecule has 102 valence electrons. The summed E-state index contributed by atoms with van der Waals surface area (Å²) in [4.78, 5) is 15.7. The monoisotopic (exact) mass is 261 g/mol. The molecule has 0 fully saturated rings. The number of hydrogen-bond acceptors (Lipinski definition) is 4. The second-order valence-corrected chi connectivity index (χ2v) is 5.80. The van der Waals surface area contributed by atoms with Gasteiger partial charge in [-0.3, -0.25) is 4.79 Å². The maximum Gasteiger partial charge on any atom is 0.310 e. The van der Waals surface area contributed by atoms with Crippen LogP contribution in [0.2, 0.25) is 0 Å². The molecule has 19 heavy (non-hydrogen) atoms. The average Bonchev–Trinajstić information content (AvgIpc) is 2.67. The lowest BCUT2D eigenvalue weighted by Crippen LogP contribution is -2.09. The van der Waals surface area contributed by atoms with Gasteiger partial charge >= 0.3 is 5.97 Å². The SMILES string of the molecule is CCC(=O)Oc1ccc2oc(CC(C)(C)C)nc2c1. The molecule has 0 bridgehead atoms. The van der Waals surface area contributed by atoms with Crippen LogP contribution in [0.25, 0.3) is 11.1 Å². The van der Waals surface area contributed by atoms with E-state index in [4.69, 9.17) is 9.15 Å². The van der Waals surface area contributed by atoms with E-state index in [2.05, 4.69) is 25.8 Å². The van der Waals surface area contributed by atoms with Crippen molar-refractivity contribution >= 4 is 17.1 Å². The van der Waals surface area contributed by atoms with E-state index in [9.17, 15) is 4.79 Å². The number of benzene rings is 1. The number of ether oxygens (including phenoxy) is 1. The summed E-state index contributed by atoms with van der Waals surface area (Å²) < 4.78 is 10.8. The van der Waals surface area contributed by atoms with E-state index in [1.807, 2.05) is 0 Å². The van der Waals surface area contributed by atoms with Crippen LogP contribution >= 0.6 is 0 Å². The lowest BCUT2D eigenvalue weighted by molar-refractivity contribution is -0.134. The number of nitrogens with zero attached hydrogens (tertiary/aromatic N) is 1. The molecule has 0 saturated carbocycles. The number of hydrogen-bond donors (Lipinski definition) is 0. The first kappa shape index (κ1) is 13.6. The van der Waals surface area contributed by atoms with Crippen LogP contribution in [0, 0.1) is 5.41 Å². The summed E-state index contributed by atoms with van der Waals surface area (Å²) >= 11 is 0. The Bertz CT molecular complexity index is 593. The van der Waals surface area contributed by atoms with E-state index in [0.717, 1.165) is 17.5 Å². The van der Waals surface area contributed by atoms with Gasteiger partial charge in [0.1, 0.15) is 11.3 Å². The minimum absolute atomic E-state index is 0.123. The maximum atomic E-state index is 11.2. The molecule has 1 heterocycles. The lowest BCUT2D eigenvalue weighted by atomic mass is 9.92. The molecule has 1 aromatic carbocycles. The predicted octanol–water partition coefficient (Wildman–Crippen LogP) is 3.73. The van der Waals surface area contributed by atoms with Gasteiger partial charge in [0.05, 0.1) is 0 Å². The Labute approximate surface area is 112 Å². The van der Waals surface area contributed by atoms with Crippen molar-refractivity contribution in [2.24, 2.45) is 5.41 Å². The minimum Gasteiger partial charge on any atom is -0.441 e. The van der Waals surface area contributed by atoms with Crippen molar-refractivity contribution in [2.45, 2.75) is 40.5 Å². The summed E-state index contributed by atoms with van der Waals surface area (Å²) in [6.45, 7) is 8.17. The van der Waals surface area contributed by atoms with Gasteiger partial charge in [-0.15, -0.1) is 0 Å². The van der Waals surface area contributed by atoms with E-state index in [0.29, 0.717) is 18.1 Å². The van der Waals surface area contributed by atoms with Gasteiger partial charge in [-0.05, 0) is 17.5 Å². The molecule has 0 radical (unpaired) electrons. The van der Waals surface area contributed by atoms with Gasteiger partial charge in [0, 0.05) is 18.9 Å². The summed E-state index contributed by atoms with van der Waals surface area (Å²) in [6, 6.07) is 5.24. The third kappa shape index (κ3) is 3.56. The van der Waals surface area contributed by atoms with Crippen LogP contribution in [0.1, 0.15) is 40.0 Å². The third-order valence-electron chi connectivity index (χ3n) is 2.61. The molecule has 0 saturated heterocycles. The number of aromatic nitrogens is 1. The molecule has 4 nitrogen and oxygen atoms in total. The van der Waals surface area contributed by atoms with Crippen molar-refractivity contribution in [2.75, 3.05) is 0 Å². The highest BCUT2D eigenvalue weighted by Crippen LogP contribution is 2.26.